The second kappa shape index (κ2) is 7.97. The minimum absolute atomic E-state index is 0.00472. The van der Waals surface area contributed by atoms with Crippen LogP contribution in [0.5, 0.6) is 0 Å². The number of piperidine rings is 1. The molecule has 148 valence electrons. The summed E-state index contributed by atoms with van der Waals surface area (Å²) in [6, 6.07) is 3.80. The molecular weight excluding hydrogens is 360 g/mol. The molecule has 28 heavy (non-hydrogen) atoms. The highest BCUT2D eigenvalue weighted by Crippen LogP contribution is 2.24. The van der Waals surface area contributed by atoms with Gasteiger partial charge in [-0.1, -0.05) is 6.42 Å². The number of hydrogen-bond acceptors (Lipinski definition) is 6. The van der Waals surface area contributed by atoms with E-state index in [0.29, 0.717) is 17.6 Å². The average Bonchev–Trinajstić information content (AvgIpc) is 3.36. The Morgan fingerprint density at radius 3 is 2.89 bits per heavy atom. The Balaban J connectivity index is 1.44. The molecule has 3 aromatic rings. The number of furan rings is 1. The summed E-state index contributed by atoms with van der Waals surface area (Å²) >= 11 is 0. The fraction of sp³-hybridized carbons (Fsp3) is 0.474. The van der Waals surface area contributed by atoms with Gasteiger partial charge in [-0.2, -0.15) is 5.10 Å². The molecule has 1 aliphatic heterocycles. The number of likely N-dealkylation sites (tertiary alicyclic amines) is 1. The van der Waals surface area contributed by atoms with Crippen LogP contribution in [0.3, 0.4) is 0 Å². The summed E-state index contributed by atoms with van der Waals surface area (Å²) in [6.45, 7) is 2.33. The molecule has 1 atom stereocenters. The number of aryl methyl sites for hydroxylation is 1. The summed E-state index contributed by atoms with van der Waals surface area (Å²) in [4.78, 5) is 31.6. The quantitative estimate of drug-likeness (QED) is 0.683. The fourth-order valence-electron chi connectivity index (χ4n) is 3.72. The summed E-state index contributed by atoms with van der Waals surface area (Å²) in [5.41, 5.74) is 0.233. The van der Waals surface area contributed by atoms with Gasteiger partial charge >= 0.3 is 0 Å². The number of aromatic nitrogens is 4. The summed E-state index contributed by atoms with van der Waals surface area (Å²) in [5, 5.41) is 7.39. The highest BCUT2D eigenvalue weighted by molar-refractivity contribution is 5.77. The zero-order valence-electron chi connectivity index (χ0n) is 15.9. The zero-order chi connectivity index (χ0) is 19.5. The van der Waals surface area contributed by atoms with Crippen molar-refractivity contribution in [2.75, 3.05) is 19.6 Å². The monoisotopic (exact) mass is 384 g/mol. The molecule has 0 aliphatic carbocycles. The molecule has 0 aromatic carbocycles. The van der Waals surface area contributed by atoms with Gasteiger partial charge in [-0.05, 0) is 38.1 Å². The van der Waals surface area contributed by atoms with Crippen LogP contribution in [-0.4, -0.2) is 49.8 Å². The van der Waals surface area contributed by atoms with Crippen molar-refractivity contribution in [3.8, 4) is 0 Å². The summed E-state index contributed by atoms with van der Waals surface area (Å²) < 4.78 is 8.44. The maximum absolute atomic E-state index is 12.5. The molecule has 1 amide bonds. The van der Waals surface area contributed by atoms with Crippen molar-refractivity contribution in [1.29, 1.82) is 0 Å². The third-order valence-corrected chi connectivity index (χ3v) is 5.23. The lowest BCUT2D eigenvalue weighted by Crippen LogP contribution is -2.41. The molecular formula is C19H24N6O3. The second-order valence-corrected chi connectivity index (χ2v) is 7.12. The molecule has 0 unspecified atom stereocenters. The first kappa shape index (κ1) is 18.4. The molecule has 1 fully saturated rings. The van der Waals surface area contributed by atoms with E-state index in [2.05, 4.69) is 20.3 Å². The van der Waals surface area contributed by atoms with E-state index in [0.717, 1.165) is 31.7 Å². The van der Waals surface area contributed by atoms with Crippen LogP contribution in [0, 0.1) is 0 Å². The van der Waals surface area contributed by atoms with E-state index in [9.17, 15) is 9.59 Å². The van der Waals surface area contributed by atoms with Crippen molar-refractivity contribution >= 4 is 16.9 Å². The van der Waals surface area contributed by atoms with Crippen molar-refractivity contribution in [1.82, 2.24) is 29.5 Å². The van der Waals surface area contributed by atoms with Gasteiger partial charge in [0.05, 0.1) is 18.5 Å². The Morgan fingerprint density at radius 1 is 1.32 bits per heavy atom. The van der Waals surface area contributed by atoms with Crippen LogP contribution in [0.2, 0.25) is 0 Å². The molecule has 4 heterocycles. The predicted octanol–water partition coefficient (Wildman–Crippen LogP) is 1.07. The highest BCUT2D eigenvalue weighted by Gasteiger charge is 2.25. The molecule has 1 aliphatic rings. The van der Waals surface area contributed by atoms with Gasteiger partial charge in [-0.25, -0.2) is 4.98 Å². The molecule has 0 bridgehead atoms. The van der Waals surface area contributed by atoms with Crippen molar-refractivity contribution in [3.05, 3.63) is 47.0 Å². The first-order valence-corrected chi connectivity index (χ1v) is 9.55. The van der Waals surface area contributed by atoms with Crippen LogP contribution >= 0.6 is 0 Å². The number of amides is 1. The van der Waals surface area contributed by atoms with E-state index in [-0.39, 0.29) is 24.1 Å². The standard InChI is InChI=1S/C19H24N6O3/c1-23-18-14(10-22-23)19(27)25(13-21-18)12-17(26)20-11-15(16-6-5-9-28-16)24-7-3-2-4-8-24/h5-6,9-10,13,15H,2-4,7-8,11-12H2,1H3,(H,20,26)/t15-/m0/s1. The third-order valence-electron chi connectivity index (χ3n) is 5.23. The van der Waals surface area contributed by atoms with Crippen molar-refractivity contribution < 1.29 is 9.21 Å². The molecule has 9 heteroatoms. The van der Waals surface area contributed by atoms with Gasteiger partial charge in [0.25, 0.3) is 5.56 Å². The zero-order valence-corrected chi connectivity index (χ0v) is 15.9. The first-order chi connectivity index (χ1) is 13.6. The van der Waals surface area contributed by atoms with Gasteiger partial charge in [-0.3, -0.25) is 23.7 Å². The second-order valence-electron chi connectivity index (χ2n) is 7.12. The topological polar surface area (TPSA) is 98.2 Å². The minimum Gasteiger partial charge on any atom is -0.468 e. The minimum atomic E-state index is -0.271. The summed E-state index contributed by atoms with van der Waals surface area (Å²) in [6.07, 6.45) is 8.06. The van der Waals surface area contributed by atoms with Gasteiger partial charge in [0.15, 0.2) is 5.65 Å². The highest BCUT2D eigenvalue weighted by atomic mass is 16.3. The fourth-order valence-corrected chi connectivity index (χ4v) is 3.72. The van der Waals surface area contributed by atoms with Crippen molar-refractivity contribution in [2.45, 2.75) is 31.8 Å². The summed E-state index contributed by atoms with van der Waals surface area (Å²) in [5.74, 6) is 0.610. The molecule has 0 radical (unpaired) electrons. The SMILES string of the molecule is Cn1ncc2c(=O)n(CC(=O)NC[C@@H](c3ccco3)N3CCCCC3)cnc21. The van der Waals surface area contributed by atoms with Crippen LogP contribution in [0.1, 0.15) is 31.1 Å². The predicted molar refractivity (Wildman–Crippen MR) is 103 cm³/mol. The maximum Gasteiger partial charge on any atom is 0.264 e. The van der Waals surface area contributed by atoms with Gasteiger partial charge in [-0.15, -0.1) is 0 Å². The van der Waals surface area contributed by atoms with Crippen LogP contribution in [0.25, 0.3) is 11.0 Å². The Kier molecular flexibility index (Phi) is 5.25. The van der Waals surface area contributed by atoms with Gasteiger partial charge in [0.2, 0.25) is 5.91 Å². The first-order valence-electron chi connectivity index (χ1n) is 9.55. The Labute approximate surface area is 161 Å². The Bertz CT molecular complexity index is 1000. The van der Waals surface area contributed by atoms with E-state index in [4.69, 9.17) is 4.42 Å². The maximum atomic E-state index is 12.5. The average molecular weight is 384 g/mol. The van der Waals surface area contributed by atoms with E-state index in [1.165, 1.54) is 28.2 Å². The third kappa shape index (κ3) is 3.70. The molecule has 9 nitrogen and oxygen atoms in total. The molecule has 4 rings (SSSR count). The lowest BCUT2D eigenvalue weighted by Gasteiger charge is -2.33. The van der Waals surface area contributed by atoms with Crippen LogP contribution in [0.4, 0.5) is 0 Å². The van der Waals surface area contributed by atoms with Gasteiger partial charge in [0, 0.05) is 13.6 Å². The molecule has 0 spiro atoms. The molecule has 1 N–H and O–H groups in total. The van der Waals surface area contributed by atoms with Crippen LogP contribution in [-0.2, 0) is 18.4 Å². The number of nitrogens with zero attached hydrogens (tertiary/aromatic N) is 5. The smallest absolute Gasteiger partial charge is 0.264 e. The van der Waals surface area contributed by atoms with Crippen molar-refractivity contribution in [3.63, 3.8) is 0 Å². The van der Waals surface area contributed by atoms with Crippen LogP contribution < -0.4 is 10.9 Å². The number of rotatable bonds is 6. The van der Waals surface area contributed by atoms with E-state index < -0.39 is 0 Å². The molecule has 1 saturated heterocycles. The largest absolute Gasteiger partial charge is 0.468 e. The summed E-state index contributed by atoms with van der Waals surface area (Å²) in [7, 11) is 1.72. The van der Waals surface area contributed by atoms with E-state index >= 15 is 0 Å². The number of nitrogens with one attached hydrogen (secondary N) is 1. The number of fused-ring (bicyclic) bond motifs is 1. The number of hydrogen-bond donors (Lipinski definition) is 1. The molecule has 0 saturated carbocycles. The van der Waals surface area contributed by atoms with E-state index in [1.54, 1.807) is 13.3 Å². The normalized spacial score (nSPS) is 16.3. The van der Waals surface area contributed by atoms with Gasteiger partial charge < -0.3 is 9.73 Å². The Hall–Kier alpha value is -2.94. The van der Waals surface area contributed by atoms with Crippen LogP contribution in [0.15, 0.2) is 40.1 Å². The number of carbonyl (C=O) groups is 1. The number of carbonyl (C=O) groups excluding carboxylic acids is 1. The van der Waals surface area contributed by atoms with Gasteiger partial charge in [0.1, 0.15) is 24.0 Å². The lowest BCUT2D eigenvalue weighted by molar-refractivity contribution is -0.122. The van der Waals surface area contributed by atoms with E-state index in [1.807, 2.05) is 12.1 Å². The lowest BCUT2D eigenvalue weighted by atomic mass is 10.1. The van der Waals surface area contributed by atoms with Crippen molar-refractivity contribution in [2.24, 2.45) is 7.05 Å². The Morgan fingerprint density at radius 2 is 2.14 bits per heavy atom. The molecule has 3 aromatic heterocycles.